The number of aliphatic hydroxyl groups excluding tert-OH is 1. The van der Waals surface area contributed by atoms with Crippen LogP contribution in [-0.2, 0) is 0 Å². The van der Waals surface area contributed by atoms with E-state index in [1.54, 1.807) is 0 Å². The number of benzene rings is 1. The molecule has 0 heterocycles. The molecule has 1 N–H and O–H groups in total. The molecule has 1 radical (unpaired) electrons. The van der Waals surface area contributed by atoms with Crippen LogP contribution in [-0.4, -0.2) is 11.7 Å². The Kier molecular flexibility index (Phi) is 3.81. The number of rotatable bonds is 4. The van der Waals surface area contributed by atoms with E-state index in [-0.39, 0.29) is 6.61 Å². The van der Waals surface area contributed by atoms with Gasteiger partial charge in [-0.15, -0.1) is 0 Å². The summed E-state index contributed by atoms with van der Waals surface area (Å²) in [5.74, 6) is 0.493. The maximum atomic E-state index is 8.82. The SMILES string of the molecule is CCC(CCO)c1c[c]ccc1. The molecule has 1 aromatic rings. The van der Waals surface area contributed by atoms with Gasteiger partial charge in [-0.05, 0) is 30.4 Å². The van der Waals surface area contributed by atoms with Gasteiger partial charge in [-0.2, -0.15) is 0 Å². The third-order valence-corrected chi connectivity index (χ3v) is 2.17. The standard InChI is InChI=1S/C11H15O/c1-2-10(8-9-12)11-6-4-3-5-7-11/h3-4,6-7,10,12H,2,8-9H2,1H3. The molecule has 1 unspecified atom stereocenters. The first-order chi connectivity index (χ1) is 5.88. The van der Waals surface area contributed by atoms with Crippen molar-refractivity contribution in [3.63, 3.8) is 0 Å². The molecule has 0 amide bonds. The summed E-state index contributed by atoms with van der Waals surface area (Å²) in [5, 5.41) is 8.82. The van der Waals surface area contributed by atoms with Gasteiger partial charge in [0.15, 0.2) is 0 Å². The Balaban J connectivity index is 2.66. The Hall–Kier alpha value is -0.820. The summed E-state index contributed by atoms with van der Waals surface area (Å²) >= 11 is 0. The molecule has 12 heavy (non-hydrogen) atoms. The van der Waals surface area contributed by atoms with E-state index in [0.29, 0.717) is 5.92 Å². The van der Waals surface area contributed by atoms with Crippen molar-refractivity contribution in [2.75, 3.05) is 6.61 Å². The molecule has 0 saturated heterocycles. The van der Waals surface area contributed by atoms with Crippen LogP contribution < -0.4 is 0 Å². The van der Waals surface area contributed by atoms with E-state index in [2.05, 4.69) is 19.1 Å². The predicted molar refractivity (Wildman–Crippen MR) is 50.0 cm³/mol. The van der Waals surface area contributed by atoms with Crippen molar-refractivity contribution >= 4 is 0 Å². The quantitative estimate of drug-likeness (QED) is 0.722. The summed E-state index contributed by atoms with van der Waals surface area (Å²) in [6.07, 6.45) is 1.94. The van der Waals surface area contributed by atoms with E-state index in [1.807, 2.05) is 18.2 Å². The van der Waals surface area contributed by atoms with Gasteiger partial charge in [-0.1, -0.05) is 31.2 Å². The van der Waals surface area contributed by atoms with E-state index in [1.165, 1.54) is 5.56 Å². The van der Waals surface area contributed by atoms with E-state index in [4.69, 9.17) is 5.11 Å². The number of aliphatic hydroxyl groups is 1. The highest BCUT2D eigenvalue weighted by Crippen LogP contribution is 2.21. The summed E-state index contributed by atoms with van der Waals surface area (Å²) in [5.41, 5.74) is 1.29. The van der Waals surface area contributed by atoms with Crippen molar-refractivity contribution < 1.29 is 5.11 Å². The Morgan fingerprint density at radius 3 is 2.92 bits per heavy atom. The van der Waals surface area contributed by atoms with Crippen molar-refractivity contribution in [1.29, 1.82) is 0 Å². The summed E-state index contributed by atoms with van der Waals surface area (Å²) in [7, 11) is 0. The molecule has 65 valence electrons. The van der Waals surface area contributed by atoms with Gasteiger partial charge in [0.1, 0.15) is 0 Å². The van der Waals surface area contributed by atoms with Crippen LogP contribution in [0, 0.1) is 6.07 Å². The molecule has 1 nitrogen and oxygen atoms in total. The molecule has 1 heteroatoms. The molecule has 1 atom stereocenters. The first kappa shape index (κ1) is 9.27. The largest absolute Gasteiger partial charge is 0.396 e. The smallest absolute Gasteiger partial charge is 0.0436 e. The minimum absolute atomic E-state index is 0.271. The second kappa shape index (κ2) is 4.94. The predicted octanol–water partition coefficient (Wildman–Crippen LogP) is 2.36. The van der Waals surface area contributed by atoms with E-state index in [0.717, 1.165) is 12.8 Å². The lowest BCUT2D eigenvalue weighted by Gasteiger charge is -2.12. The Bertz CT molecular complexity index is 206. The number of hydrogen-bond donors (Lipinski definition) is 1. The Labute approximate surface area is 74.1 Å². The molecule has 0 saturated carbocycles. The highest BCUT2D eigenvalue weighted by Gasteiger charge is 2.06. The van der Waals surface area contributed by atoms with Crippen LogP contribution in [0.5, 0.6) is 0 Å². The van der Waals surface area contributed by atoms with Crippen molar-refractivity contribution in [3.05, 3.63) is 35.9 Å². The highest BCUT2D eigenvalue weighted by molar-refractivity contribution is 5.18. The molecule has 0 aliphatic rings. The maximum absolute atomic E-state index is 8.82. The zero-order valence-electron chi connectivity index (χ0n) is 7.46. The minimum atomic E-state index is 0.271. The molecular weight excluding hydrogens is 148 g/mol. The third-order valence-electron chi connectivity index (χ3n) is 2.17. The third kappa shape index (κ3) is 2.35. The van der Waals surface area contributed by atoms with Crippen molar-refractivity contribution in [2.24, 2.45) is 0 Å². The molecule has 0 bridgehead atoms. The zero-order valence-corrected chi connectivity index (χ0v) is 7.46. The van der Waals surface area contributed by atoms with Crippen molar-refractivity contribution in [2.45, 2.75) is 25.7 Å². The van der Waals surface area contributed by atoms with E-state index < -0.39 is 0 Å². The Morgan fingerprint density at radius 1 is 1.58 bits per heavy atom. The Morgan fingerprint density at radius 2 is 2.42 bits per heavy atom. The van der Waals surface area contributed by atoms with Crippen LogP contribution in [0.25, 0.3) is 0 Å². The minimum Gasteiger partial charge on any atom is -0.396 e. The molecule has 0 aromatic heterocycles. The maximum Gasteiger partial charge on any atom is 0.0436 e. The van der Waals surface area contributed by atoms with Crippen LogP contribution in [0.15, 0.2) is 24.3 Å². The number of hydrogen-bond acceptors (Lipinski definition) is 1. The van der Waals surface area contributed by atoms with Gasteiger partial charge in [0.25, 0.3) is 0 Å². The van der Waals surface area contributed by atoms with Crippen LogP contribution in [0.1, 0.15) is 31.2 Å². The average molecular weight is 163 g/mol. The van der Waals surface area contributed by atoms with Gasteiger partial charge in [0.2, 0.25) is 0 Å². The second-order valence-corrected chi connectivity index (χ2v) is 2.95. The average Bonchev–Trinajstić information content (AvgIpc) is 2.15. The van der Waals surface area contributed by atoms with Crippen LogP contribution in [0.3, 0.4) is 0 Å². The topological polar surface area (TPSA) is 20.2 Å². The monoisotopic (exact) mass is 163 g/mol. The fourth-order valence-corrected chi connectivity index (χ4v) is 1.42. The molecule has 0 fully saturated rings. The van der Waals surface area contributed by atoms with Crippen molar-refractivity contribution in [1.82, 2.24) is 0 Å². The van der Waals surface area contributed by atoms with E-state index in [9.17, 15) is 0 Å². The molecule has 0 aliphatic heterocycles. The van der Waals surface area contributed by atoms with Gasteiger partial charge in [-0.3, -0.25) is 0 Å². The normalized spacial score (nSPS) is 12.8. The molecular formula is C11H15O. The molecule has 0 spiro atoms. The van der Waals surface area contributed by atoms with Crippen LogP contribution >= 0.6 is 0 Å². The summed E-state index contributed by atoms with van der Waals surface area (Å²) < 4.78 is 0. The molecule has 0 aliphatic carbocycles. The van der Waals surface area contributed by atoms with E-state index >= 15 is 0 Å². The molecule has 1 rings (SSSR count). The van der Waals surface area contributed by atoms with Crippen LogP contribution in [0.4, 0.5) is 0 Å². The van der Waals surface area contributed by atoms with Gasteiger partial charge in [-0.25, -0.2) is 0 Å². The van der Waals surface area contributed by atoms with Gasteiger partial charge in [0, 0.05) is 6.61 Å². The lowest BCUT2D eigenvalue weighted by atomic mass is 9.94. The second-order valence-electron chi connectivity index (χ2n) is 2.95. The molecule has 1 aromatic carbocycles. The van der Waals surface area contributed by atoms with Gasteiger partial charge in [0.05, 0.1) is 0 Å². The first-order valence-corrected chi connectivity index (χ1v) is 4.45. The summed E-state index contributed by atoms with van der Waals surface area (Å²) in [6, 6.07) is 11.0. The lowest BCUT2D eigenvalue weighted by molar-refractivity contribution is 0.274. The first-order valence-electron chi connectivity index (χ1n) is 4.45. The lowest BCUT2D eigenvalue weighted by Crippen LogP contribution is -1.99. The van der Waals surface area contributed by atoms with Gasteiger partial charge < -0.3 is 5.11 Å². The van der Waals surface area contributed by atoms with Crippen molar-refractivity contribution in [3.8, 4) is 0 Å². The summed E-state index contributed by atoms with van der Waals surface area (Å²) in [4.78, 5) is 0. The summed E-state index contributed by atoms with van der Waals surface area (Å²) in [6.45, 7) is 2.42. The fraction of sp³-hybridized carbons (Fsp3) is 0.455. The van der Waals surface area contributed by atoms with Gasteiger partial charge >= 0.3 is 0 Å². The highest BCUT2D eigenvalue weighted by atomic mass is 16.3. The zero-order chi connectivity index (χ0) is 8.81. The van der Waals surface area contributed by atoms with Crippen LogP contribution in [0.2, 0.25) is 0 Å². The fourth-order valence-electron chi connectivity index (χ4n) is 1.42.